The molecule has 1 amide bonds. The van der Waals surface area contributed by atoms with Crippen molar-refractivity contribution in [2.24, 2.45) is 5.41 Å². The lowest BCUT2D eigenvalue weighted by atomic mass is 9.91. The first-order chi connectivity index (χ1) is 11.8. The van der Waals surface area contributed by atoms with E-state index in [1.165, 1.54) is 0 Å². The minimum atomic E-state index is -0.0201. The van der Waals surface area contributed by atoms with Crippen molar-refractivity contribution in [1.82, 2.24) is 15.0 Å². The molecule has 25 heavy (non-hydrogen) atoms. The van der Waals surface area contributed by atoms with Crippen LogP contribution in [0.25, 0.3) is 11.4 Å². The highest BCUT2D eigenvalue weighted by Crippen LogP contribution is 2.22. The van der Waals surface area contributed by atoms with Crippen molar-refractivity contribution in [1.29, 1.82) is 0 Å². The average Bonchev–Trinajstić information content (AvgIpc) is 3.03. The largest absolute Gasteiger partial charge is 0.339 e. The Balaban J connectivity index is 2.03. The van der Waals surface area contributed by atoms with Crippen molar-refractivity contribution in [3.8, 4) is 11.4 Å². The fraction of sp³-hybridized carbons (Fsp3) is 0.550. The minimum Gasteiger partial charge on any atom is -0.339 e. The average molecular weight is 343 g/mol. The number of carbonyl (C=O) groups excluding carboxylic acids is 1. The Labute approximate surface area is 150 Å². The van der Waals surface area contributed by atoms with Gasteiger partial charge < -0.3 is 9.42 Å². The number of nitrogens with zero attached hydrogens (tertiary/aromatic N) is 3. The van der Waals surface area contributed by atoms with Gasteiger partial charge in [0.1, 0.15) is 0 Å². The SMILES string of the molecule is CCC(C)N(CCc1nc(-c2ccccc2)no1)C(=O)CC(C)(C)C. The summed E-state index contributed by atoms with van der Waals surface area (Å²) in [5, 5.41) is 4.04. The predicted octanol–water partition coefficient (Wildman–Crippen LogP) is 4.34. The highest BCUT2D eigenvalue weighted by atomic mass is 16.5. The summed E-state index contributed by atoms with van der Waals surface area (Å²) in [4.78, 5) is 19.1. The third-order valence-corrected chi connectivity index (χ3v) is 4.19. The standard InChI is InChI=1S/C20H29N3O2/c1-6-15(2)23(18(24)14-20(3,4)5)13-12-17-21-19(22-25-17)16-10-8-7-9-11-16/h7-11,15H,6,12-14H2,1-5H3. The first kappa shape index (κ1) is 19.2. The molecule has 5 heteroatoms. The second-order valence-electron chi connectivity index (χ2n) is 7.71. The summed E-state index contributed by atoms with van der Waals surface area (Å²) in [6, 6.07) is 9.95. The van der Waals surface area contributed by atoms with Crippen molar-refractivity contribution < 1.29 is 9.32 Å². The molecule has 1 aromatic heterocycles. The third kappa shape index (κ3) is 5.69. The fourth-order valence-corrected chi connectivity index (χ4v) is 2.64. The molecule has 136 valence electrons. The van der Waals surface area contributed by atoms with Crippen LogP contribution in [0, 0.1) is 5.41 Å². The second kappa shape index (κ2) is 8.28. The van der Waals surface area contributed by atoms with Crippen molar-refractivity contribution >= 4 is 5.91 Å². The van der Waals surface area contributed by atoms with Crippen LogP contribution in [-0.2, 0) is 11.2 Å². The molecule has 1 atom stereocenters. The zero-order valence-electron chi connectivity index (χ0n) is 16.0. The summed E-state index contributed by atoms with van der Waals surface area (Å²) in [6.07, 6.45) is 2.03. The van der Waals surface area contributed by atoms with Crippen LogP contribution in [-0.4, -0.2) is 33.5 Å². The van der Waals surface area contributed by atoms with E-state index in [1.807, 2.05) is 35.2 Å². The predicted molar refractivity (Wildman–Crippen MR) is 99.0 cm³/mol. The molecule has 1 heterocycles. The lowest BCUT2D eigenvalue weighted by molar-refractivity contribution is -0.135. The van der Waals surface area contributed by atoms with Crippen molar-refractivity contribution in [2.45, 2.75) is 59.9 Å². The summed E-state index contributed by atoms with van der Waals surface area (Å²) in [6.45, 7) is 11.0. The molecule has 2 aromatic rings. The van der Waals surface area contributed by atoms with Crippen LogP contribution in [0.15, 0.2) is 34.9 Å². The molecule has 0 fully saturated rings. The molecule has 2 rings (SSSR count). The number of aromatic nitrogens is 2. The zero-order chi connectivity index (χ0) is 18.4. The second-order valence-corrected chi connectivity index (χ2v) is 7.71. The Hall–Kier alpha value is -2.17. The van der Waals surface area contributed by atoms with E-state index in [0.717, 1.165) is 12.0 Å². The Morgan fingerprint density at radius 1 is 1.24 bits per heavy atom. The third-order valence-electron chi connectivity index (χ3n) is 4.19. The fourth-order valence-electron chi connectivity index (χ4n) is 2.64. The Bertz CT molecular complexity index is 674. The summed E-state index contributed by atoms with van der Waals surface area (Å²) < 4.78 is 5.36. The van der Waals surface area contributed by atoms with E-state index >= 15 is 0 Å². The number of amides is 1. The summed E-state index contributed by atoms with van der Waals surface area (Å²) >= 11 is 0. The van der Waals surface area contributed by atoms with E-state index in [1.54, 1.807) is 0 Å². The molecule has 0 N–H and O–H groups in total. The van der Waals surface area contributed by atoms with Gasteiger partial charge >= 0.3 is 0 Å². The Morgan fingerprint density at radius 2 is 1.92 bits per heavy atom. The minimum absolute atomic E-state index is 0.0201. The summed E-state index contributed by atoms with van der Waals surface area (Å²) in [5.41, 5.74) is 0.911. The van der Waals surface area contributed by atoms with Gasteiger partial charge in [-0.25, -0.2) is 0 Å². The van der Waals surface area contributed by atoms with Crippen LogP contribution in [0.2, 0.25) is 0 Å². The smallest absolute Gasteiger partial charge is 0.228 e. The van der Waals surface area contributed by atoms with Gasteiger partial charge in [0.15, 0.2) is 0 Å². The molecular formula is C20H29N3O2. The van der Waals surface area contributed by atoms with E-state index in [-0.39, 0.29) is 17.4 Å². The molecule has 0 saturated carbocycles. The van der Waals surface area contributed by atoms with Crippen LogP contribution in [0.4, 0.5) is 0 Å². The van der Waals surface area contributed by atoms with E-state index < -0.39 is 0 Å². The monoisotopic (exact) mass is 343 g/mol. The number of benzene rings is 1. The van der Waals surface area contributed by atoms with Crippen LogP contribution in [0.1, 0.15) is 53.4 Å². The van der Waals surface area contributed by atoms with Gasteiger partial charge in [0, 0.05) is 31.0 Å². The van der Waals surface area contributed by atoms with Gasteiger partial charge in [-0.05, 0) is 18.8 Å². The maximum absolute atomic E-state index is 12.7. The number of hydrogen-bond donors (Lipinski definition) is 0. The highest BCUT2D eigenvalue weighted by Gasteiger charge is 2.24. The molecule has 0 radical (unpaired) electrons. The topological polar surface area (TPSA) is 59.2 Å². The lowest BCUT2D eigenvalue weighted by Gasteiger charge is -2.31. The van der Waals surface area contributed by atoms with Crippen LogP contribution < -0.4 is 0 Å². The summed E-state index contributed by atoms with van der Waals surface area (Å²) in [7, 11) is 0. The van der Waals surface area contributed by atoms with Gasteiger partial charge in [-0.3, -0.25) is 4.79 Å². The molecule has 0 aliphatic heterocycles. The summed E-state index contributed by atoms with van der Waals surface area (Å²) in [5.74, 6) is 1.34. The van der Waals surface area contributed by atoms with E-state index in [0.29, 0.717) is 31.1 Å². The molecule has 5 nitrogen and oxygen atoms in total. The molecule has 0 saturated heterocycles. The first-order valence-corrected chi connectivity index (χ1v) is 8.97. The van der Waals surface area contributed by atoms with Crippen LogP contribution >= 0.6 is 0 Å². The number of carbonyl (C=O) groups is 1. The molecule has 1 aromatic carbocycles. The highest BCUT2D eigenvalue weighted by molar-refractivity contribution is 5.77. The van der Waals surface area contributed by atoms with E-state index in [4.69, 9.17) is 4.52 Å². The molecule has 0 spiro atoms. The van der Waals surface area contributed by atoms with Crippen molar-refractivity contribution in [2.75, 3.05) is 6.54 Å². The van der Waals surface area contributed by atoms with Crippen molar-refractivity contribution in [3.05, 3.63) is 36.2 Å². The van der Waals surface area contributed by atoms with Crippen LogP contribution in [0.5, 0.6) is 0 Å². The normalized spacial score (nSPS) is 12.8. The number of hydrogen-bond acceptors (Lipinski definition) is 4. The maximum atomic E-state index is 12.7. The van der Waals surface area contributed by atoms with E-state index in [9.17, 15) is 4.79 Å². The molecular weight excluding hydrogens is 314 g/mol. The Morgan fingerprint density at radius 3 is 2.52 bits per heavy atom. The molecule has 1 unspecified atom stereocenters. The van der Waals surface area contributed by atoms with Gasteiger partial charge in [-0.15, -0.1) is 0 Å². The van der Waals surface area contributed by atoms with Gasteiger partial charge in [0.05, 0.1) is 0 Å². The van der Waals surface area contributed by atoms with E-state index in [2.05, 4.69) is 44.8 Å². The number of rotatable bonds is 7. The van der Waals surface area contributed by atoms with Gasteiger partial charge in [-0.2, -0.15) is 4.98 Å². The van der Waals surface area contributed by atoms with Gasteiger partial charge in [0.2, 0.25) is 17.6 Å². The molecule has 0 bridgehead atoms. The quantitative estimate of drug-likeness (QED) is 0.750. The maximum Gasteiger partial charge on any atom is 0.228 e. The Kier molecular flexibility index (Phi) is 6.34. The van der Waals surface area contributed by atoms with Crippen LogP contribution in [0.3, 0.4) is 0 Å². The lowest BCUT2D eigenvalue weighted by Crippen LogP contribution is -2.41. The van der Waals surface area contributed by atoms with Crippen molar-refractivity contribution in [3.63, 3.8) is 0 Å². The first-order valence-electron chi connectivity index (χ1n) is 8.97. The van der Waals surface area contributed by atoms with Gasteiger partial charge in [0.25, 0.3) is 0 Å². The molecule has 0 aliphatic rings. The van der Waals surface area contributed by atoms with Gasteiger partial charge in [-0.1, -0.05) is 63.2 Å². The molecule has 0 aliphatic carbocycles. The zero-order valence-corrected chi connectivity index (χ0v) is 16.0.